The first-order chi connectivity index (χ1) is 13.5. The van der Waals surface area contributed by atoms with Crippen molar-refractivity contribution < 1.29 is 4.79 Å². The quantitative estimate of drug-likeness (QED) is 0.451. The normalized spacial score (nSPS) is 11.7. The predicted octanol–water partition coefficient (Wildman–Crippen LogP) is 4.22. The monoisotopic (exact) mass is 436 g/mol. The van der Waals surface area contributed by atoms with Gasteiger partial charge in [-0.1, -0.05) is 41.1 Å². The summed E-state index contributed by atoms with van der Waals surface area (Å²) in [4.78, 5) is 29.5. The number of carbonyl (C=O) groups excluding carboxylic acids is 1. The van der Waals surface area contributed by atoms with Crippen molar-refractivity contribution in [2.45, 2.75) is 20.3 Å². The molecule has 0 unspecified atom stereocenters. The highest BCUT2D eigenvalue weighted by Crippen LogP contribution is 2.20. The molecule has 0 spiro atoms. The van der Waals surface area contributed by atoms with Gasteiger partial charge in [-0.15, -0.1) is 0 Å². The number of fused-ring (bicyclic) bond motifs is 2. The molecule has 2 aromatic heterocycles. The van der Waals surface area contributed by atoms with Crippen LogP contribution in [0.1, 0.15) is 30.0 Å². The van der Waals surface area contributed by atoms with Crippen molar-refractivity contribution in [3.63, 3.8) is 0 Å². The Hall–Kier alpha value is -3.06. The first-order valence-corrected chi connectivity index (χ1v) is 9.65. The van der Waals surface area contributed by atoms with E-state index in [2.05, 4.69) is 26.0 Å². The fourth-order valence-corrected chi connectivity index (χ4v) is 3.59. The van der Waals surface area contributed by atoms with Crippen LogP contribution in [-0.2, 0) is 6.42 Å². The smallest absolute Gasteiger partial charge is 0.282 e. The lowest BCUT2D eigenvalue weighted by Crippen LogP contribution is -2.22. The maximum absolute atomic E-state index is 13.0. The fourth-order valence-electron chi connectivity index (χ4n) is 3.23. The van der Waals surface area contributed by atoms with Crippen LogP contribution in [0.25, 0.3) is 21.8 Å². The van der Waals surface area contributed by atoms with Crippen LogP contribution in [0, 0.1) is 0 Å². The number of aromatic nitrogens is 3. The molecule has 0 aliphatic heterocycles. The molecule has 28 heavy (non-hydrogen) atoms. The lowest BCUT2D eigenvalue weighted by Gasteiger charge is -2.07. The van der Waals surface area contributed by atoms with Gasteiger partial charge >= 0.3 is 0 Å². The molecule has 0 atom stereocenters. The summed E-state index contributed by atoms with van der Waals surface area (Å²) >= 11 is 3.40. The summed E-state index contributed by atoms with van der Waals surface area (Å²) in [5.74, 6) is 0.492. The van der Waals surface area contributed by atoms with E-state index >= 15 is 0 Å². The van der Waals surface area contributed by atoms with Gasteiger partial charge in [0.2, 0.25) is 5.91 Å². The minimum atomic E-state index is -0.227. The van der Waals surface area contributed by atoms with Gasteiger partial charge in [0.25, 0.3) is 5.56 Å². The van der Waals surface area contributed by atoms with Gasteiger partial charge in [-0.25, -0.2) is 4.98 Å². The van der Waals surface area contributed by atoms with E-state index in [9.17, 15) is 9.59 Å². The van der Waals surface area contributed by atoms with E-state index in [1.165, 1.54) is 11.6 Å². The molecule has 4 aromatic rings. The van der Waals surface area contributed by atoms with Crippen LogP contribution in [0.2, 0.25) is 0 Å². The third-order valence-electron chi connectivity index (χ3n) is 4.59. The SMILES string of the molecule is CCc1nc2ccc(Br)cc2c(=O)n1N=Cc1cn(C(C)=O)c2ccccc12. The van der Waals surface area contributed by atoms with Gasteiger partial charge in [0.05, 0.1) is 22.6 Å². The summed E-state index contributed by atoms with van der Waals surface area (Å²) < 4.78 is 3.72. The maximum atomic E-state index is 13.0. The van der Waals surface area contributed by atoms with E-state index in [1.807, 2.05) is 43.3 Å². The van der Waals surface area contributed by atoms with Gasteiger partial charge in [0.1, 0.15) is 5.82 Å². The van der Waals surface area contributed by atoms with Gasteiger partial charge in [0, 0.05) is 35.0 Å². The average Bonchev–Trinajstić information content (AvgIpc) is 3.06. The lowest BCUT2D eigenvalue weighted by molar-refractivity contribution is 0.0941. The van der Waals surface area contributed by atoms with Crippen LogP contribution in [0.5, 0.6) is 0 Å². The Morgan fingerprint density at radius 1 is 1.21 bits per heavy atom. The van der Waals surface area contributed by atoms with Crippen LogP contribution in [-0.4, -0.2) is 26.3 Å². The van der Waals surface area contributed by atoms with E-state index in [4.69, 9.17) is 0 Å². The Morgan fingerprint density at radius 3 is 2.75 bits per heavy atom. The van der Waals surface area contributed by atoms with Crippen LogP contribution in [0.3, 0.4) is 0 Å². The zero-order valence-corrected chi connectivity index (χ0v) is 17.0. The summed E-state index contributed by atoms with van der Waals surface area (Å²) in [6, 6.07) is 13.0. The second-order valence-electron chi connectivity index (χ2n) is 6.40. The minimum absolute atomic E-state index is 0.0838. The molecule has 0 N–H and O–H groups in total. The highest BCUT2D eigenvalue weighted by molar-refractivity contribution is 9.10. The summed E-state index contributed by atoms with van der Waals surface area (Å²) in [6.07, 6.45) is 3.90. The van der Waals surface area contributed by atoms with Crippen LogP contribution in [0.15, 0.2) is 63.0 Å². The highest BCUT2D eigenvalue weighted by Gasteiger charge is 2.12. The second kappa shape index (κ2) is 7.16. The topological polar surface area (TPSA) is 69.2 Å². The zero-order valence-electron chi connectivity index (χ0n) is 15.4. The number of para-hydroxylation sites is 1. The average molecular weight is 437 g/mol. The molecular weight excluding hydrogens is 420 g/mol. The number of nitrogens with zero attached hydrogens (tertiary/aromatic N) is 4. The Bertz CT molecular complexity index is 1320. The van der Waals surface area contributed by atoms with Crippen molar-refractivity contribution in [1.29, 1.82) is 0 Å². The summed E-state index contributed by atoms with van der Waals surface area (Å²) in [7, 11) is 0. The van der Waals surface area contributed by atoms with E-state index in [-0.39, 0.29) is 11.5 Å². The fraction of sp³-hybridized carbons (Fsp3) is 0.143. The van der Waals surface area contributed by atoms with Gasteiger partial charge < -0.3 is 0 Å². The molecule has 0 aliphatic carbocycles. The number of benzene rings is 2. The number of hydrogen-bond donors (Lipinski definition) is 0. The molecule has 140 valence electrons. The van der Waals surface area contributed by atoms with E-state index in [1.54, 1.807) is 23.0 Å². The number of halogens is 1. The second-order valence-corrected chi connectivity index (χ2v) is 7.31. The molecule has 0 amide bonds. The molecular formula is C21H17BrN4O2. The third kappa shape index (κ3) is 3.07. The van der Waals surface area contributed by atoms with Crippen molar-refractivity contribution >= 4 is 49.9 Å². The largest absolute Gasteiger partial charge is 0.287 e. The molecule has 0 saturated carbocycles. The number of rotatable bonds is 3. The van der Waals surface area contributed by atoms with Crippen LogP contribution >= 0.6 is 15.9 Å². The molecule has 0 fully saturated rings. The van der Waals surface area contributed by atoms with Gasteiger partial charge in [-0.2, -0.15) is 9.78 Å². The third-order valence-corrected chi connectivity index (χ3v) is 5.08. The van der Waals surface area contributed by atoms with Crippen molar-refractivity contribution in [1.82, 2.24) is 14.2 Å². The highest BCUT2D eigenvalue weighted by atomic mass is 79.9. The van der Waals surface area contributed by atoms with Crippen molar-refractivity contribution in [3.8, 4) is 0 Å². The van der Waals surface area contributed by atoms with E-state index in [0.29, 0.717) is 23.1 Å². The minimum Gasteiger partial charge on any atom is -0.287 e. The van der Waals surface area contributed by atoms with Crippen molar-refractivity contribution in [2.24, 2.45) is 5.10 Å². The zero-order chi connectivity index (χ0) is 19.8. The number of hydrogen-bond acceptors (Lipinski definition) is 4. The molecule has 2 heterocycles. The predicted molar refractivity (Wildman–Crippen MR) is 114 cm³/mol. The Morgan fingerprint density at radius 2 is 2.00 bits per heavy atom. The molecule has 0 saturated heterocycles. The molecule has 6 nitrogen and oxygen atoms in total. The number of carbonyl (C=O) groups is 1. The standard InChI is InChI=1S/C21H17BrN4O2/c1-3-20-24-18-9-8-15(22)10-17(18)21(28)26(20)23-11-14-12-25(13(2)27)19-7-5-4-6-16(14)19/h4-12H,3H2,1-2H3. The lowest BCUT2D eigenvalue weighted by atomic mass is 10.2. The van der Waals surface area contributed by atoms with Gasteiger partial charge in [-0.05, 0) is 24.3 Å². The molecule has 7 heteroatoms. The first kappa shape index (κ1) is 18.3. The van der Waals surface area contributed by atoms with Crippen molar-refractivity contribution in [2.75, 3.05) is 0 Å². The molecule has 0 radical (unpaired) electrons. The maximum Gasteiger partial charge on any atom is 0.282 e. The van der Waals surface area contributed by atoms with Crippen LogP contribution < -0.4 is 5.56 Å². The van der Waals surface area contributed by atoms with Gasteiger partial charge in [-0.3, -0.25) is 14.2 Å². The summed E-state index contributed by atoms with van der Waals surface area (Å²) in [6.45, 7) is 3.44. The Kier molecular flexibility index (Phi) is 4.68. The van der Waals surface area contributed by atoms with Crippen molar-refractivity contribution in [3.05, 3.63) is 74.9 Å². The molecule has 0 bridgehead atoms. The summed E-state index contributed by atoms with van der Waals surface area (Å²) in [5.41, 5.74) is 1.98. The van der Waals surface area contributed by atoms with Gasteiger partial charge in [0.15, 0.2) is 0 Å². The Labute approximate surface area is 169 Å². The molecule has 4 rings (SSSR count). The summed E-state index contributed by atoms with van der Waals surface area (Å²) in [5, 5.41) is 5.81. The number of aryl methyl sites for hydroxylation is 1. The molecule has 2 aromatic carbocycles. The Balaban J connectivity index is 1.90. The van der Waals surface area contributed by atoms with E-state index < -0.39 is 0 Å². The molecule has 0 aliphatic rings. The first-order valence-electron chi connectivity index (χ1n) is 8.86. The van der Waals surface area contributed by atoms with E-state index in [0.717, 1.165) is 20.9 Å². The van der Waals surface area contributed by atoms with Crippen LogP contribution in [0.4, 0.5) is 0 Å².